The Bertz CT molecular complexity index is 276. The standard InChI is InChI=1S/C8H19N3O2S/c1-7(2)10-14(12,13)11-5-4-9-6-8(11)3/h7-10H,4-6H2,1-3H3. The van der Waals surface area contributed by atoms with Crippen molar-refractivity contribution in [3.05, 3.63) is 0 Å². The number of hydrogen-bond donors (Lipinski definition) is 2. The summed E-state index contributed by atoms with van der Waals surface area (Å²) in [6.07, 6.45) is 0. The summed E-state index contributed by atoms with van der Waals surface area (Å²) in [7, 11) is -3.29. The fraction of sp³-hybridized carbons (Fsp3) is 1.00. The Morgan fingerprint density at radius 3 is 2.64 bits per heavy atom. The molecule has 0 bridgehead atoms. The Kier molecular flexibility index (Phi) is 3.88. The van der Waals surface area contributed by atoms with Gasteiger partial charge in [-0.3, -0.25) is 0 Å². The van der Waals surface area contributed by atoms with Crippen LogP contribution in [0, 0.1) is 0 Å². The predicted octanol–water partition coefficient (Wildman–Crippen LogP) is -0.477. The van der Waals surface area contributed by atoms with Crippen LogP contribution in [-0.2, 0) is 10.2 Å². The molecule has 1 aliphatic rings. The van der Waals surface area contributed by atoms with E-state index < -0.39 is 10.2 Å². The minimum absolute atomic E-state index is 0.0278. The molecule has 14 heavy (non-hydrogen) atoms. The Balaban J connectivity index is 2.70. The normalized spacial score (nSPS) is 25.6. The lowest BCUT2D eigenvalue weighted by Gasteiger charge is -2.33. The number of hydrogen-bond acceptors (Lipinski definition) is 3. The first-order valence-corrected chi connectivity index (χ1v) is 6.37. The molecule has 0 aromatic heterocycles. The van der Waals surface area contributed by atoms with Crippen LogP contribution in [0.2, 0.25) is 0 Å². The van der Waals surface area contributed by atoms with Crippen molar-refractivity contribution in [1.29, 1.82) is 0 Å². The zero-order chi connectivity index (χ0) is 10.8. The van der Waals surface area contributed by atoms with E-state index in [1.54, 1.807) is 0 Å². The van der Waals surface area contributed by atoms with Gasteiger partial charge in [0.05, 0.1) is 0 Å². The average molecular weight is 221 g/mol. The van der Waals surface area contributed by atoms with E-state index in [0.717, 1.165) is 13.1 Å². The highest BCUT2D eigenvalue weighted by Crippen LogP contribution is 2.07. The van der Waals surface area contributed by atoms with Crippen LogP contribution < -0.4 is 10.0 Å². The molecule has 1 atom stereocenters. The van der Waals surface area contributed by atoms with E-state index in [9.17, 15) is 8.42 Å². The van der Waals surface area contributed by atoms with E-state index in [4.69, 9.17) is 0 Å². The van der Waals surface area contributed by atoms with Crippen LogP contribution in [0.5, 0.6) is 0 Å². The largest absolute Gasteiger partial charge is 0.314 e. The highest BCUT2D eigenvalue weighted by molar-refractivity contribution is 7.87. The van der Waals surface area contributed by atoms with E-state index in [1.165, 1.54) is 4.31 Å². The molecule has 2 N–H and O–H groups in total. The summed E-state index contributed by atoms with van der Waals surface area (Å²) >= 11 is 0. The first kappa shape index (κ1) is 11.9. The second-order valence-corrected chi connectivity index (χ2v) is 5.60. The van der Waals surface area contributed by atoms with Gasteiger partial charge in [-0.15, -0.1) is 0 Å². The lowest BCUT2D eigenvalue weighted by molar-refractivity contribution is 0.279. The Hall–Kier alpha value is -0.170. The highest BCUT2D eigenvalue weighted by atomic mass is 32.2. The number of piperazine rings is 1. The van der Waals surface area contributed by atoms with Crippen molar-refractivity contribution in [2.75, 3.05) is 19.6 Å². The van der Waals surface area contributed by atoms with Crippen LogP contribution >= 0.6 is 0 Å². The molecule has 0 amide bonds. The second-order valence-electron chi connectivity index (χ2n) is 3.94. The maximum absolute atomic E-state index is 11.8. The maximum Gasteiger partial charge on any atom is 0.280 e. The Labute approximate surface area is 86.0 Å². The molecular formula is C8H19N3O2S. The average Bonchev–Trinajstić information content (AvgIpc) is 2.02. The molecule has 0 spiro atoms. The van der Waals surface area contributed by atoms with E-state index in [2.05, 4.69) is 10.0 Å². The van der Waals surface area contributed by atoms with E-state index in [-0.39, 0.29) is 12.1 Å². The van der Waals surface area contributed by atoms with Crippen molar-refractivity contribution >= 4 is 10.2 Å². The molecule has 0 aromatic carbocycles. The Morgan fingerprint density at radius 2 is 2.14 bits per heavy atom. The molecular weight excluding hydrogens is 202 g/mol. The quantitative estimate of drug-likeness (QED) is 0.677. The Morgan fingerprint density at radius 1 is 1.50 bits per heavy atom. The molecule has 0 saturated carbocycles. The molecule has 1 aliphatic heterocycles. The highest BCUT2D eigenvalue weighted by Gasteiger charge is 2.29. The van der Waals surface area contributed by atoms with Crippen molar-refractivity contribution in [1.82, 2.24) is 14.3 Å². The van der Waals surface area contributed by atoms with Gasteiger partial charge < -0.3 is 5.32 Å². The number of nitrogens with zero attached hydrogens (tertiary/aromatic N) is 1. The zero-order valence-electron chi connectivity index (χ0n) is 8.95. The third-order valence-electron chi connectivity index (χ3n) is 2.13. The summed E-state index contributed by atoms with van der Waals surface area (Å²) in [4.78, 5) is 0. The molecule has 0 aromatic rings. The summed E-state index contributed by atoms with van der Waals surface area (Å²) < 4.78 is 27.7. The van der Waals surface area contributed by atoms with Crippen LogP contribution in [0.25, 0.3) is 0 Å². The van der Waals surface area contributed by atoms with Gasteiger partial charge in [0.1, 0.15) is 0 Å². The van der Waals surface area contributed by atoms with E-state index in [0.29, 0.717) is 6.54 Å². The minimum atomic E-state index is -3.29. The van der Waals surface area contributed by atoms with E-state index >= 15 is 0 Å². The summed E-state index contributed by atoms with van der Waals surface area (Å²) in [5.74, 6) is 0. The van der Waals surface area contributed by atoms with Crippen molar-refractivity contribution in [3.8, 4) is 0 Å². The number of rotatable bonds is 3. The van der Waals surface area contributed by atoms with Gasteiger partial charge in [0, 0.05) is 31.7 Å². The molecule has 1 saturated heterocycles. The molecule has 1 unspecified atom stereocenters. The minimum Gasteiger partial charge on any atom is -0.314 e. The maximum atomic E-state index is 11.8. The lowest BCUT2D eigenvalue weighted by Crippen LogP contribution is -2.56. The zero-order valence-corrected chi connectivity index (χ0v) is 9.76. The second kappa shape index (κ2) is 4.57. The summed E-state index contributed by atoms with van der Waals surface area (Å²) in [6.45, 7) is 7.55. The molecule has 1 heterocycles. The van der Waals surface area contributed by atoms with Crippen LogP contribution in [0.15, 0.2) is 0 Å². The molecule has 6 heteroatoms. The third-order valence-corrected chi connectivity index (χ3v) is 4.06. The molecule has 0 radical (unpaired) electrons. The predicted molar refractivity (Wildman–Crippen MR) is 56.2 cm³/mol. The van der Waals surface area contributed by atoms with Crippen molar-refractivity contribution in [3.63, 3.8) is 0 Å². The SMILES string of the molecule is CC(C)NS(=O)(=O)N1CCNCC1C. The van der Waals surface area contributed by atoms with Gasteiger partial charge in [-0.25, -0.2) is 0 Å². The van der Waals surface area contributed by atoms with Crippen LogP contribution in [0.1, 0.15) is 20.8 Å². The van der Waals surface area contributed by atoms with Crippen molar-refractivity contribution < 1.29 is 8.42 Å². The first-order chi connectivity index (χ1) is 6.43. The topological polar surface area (TPSA) is 61.4 Å². The smallest absolute Gasteiger partial charge is 0.280 e. The van der Waals surface area contributed by atoms with Gasteiger partial charge in [0.15, 0.2) is 0 Å². The monoisotopic (exact) mass is 221 g/mol. The van der Waals surface area contributed by atoms with Gasteiger partial charge in [-0.1, -0.05) is 0 Å². The van der Waals surface area contributed by atoms with Crippen LogP contribution in [0.3, 0.4) is 0 Å². The molecule has 1 rings (SSSR count). The van der Waals surface area contributed by atoms with Gasteiger partial charge in [0.25, 0.3) is 10.2 Å². The molecule has 5 nitrogen and oxygen atoms in total. The van der Waals surface area contributed by atoms with Gasteiger partial charge >= 0.3 is 0 Å². The van der Waals surface area contributed by atoms with Gasteiger partial charge in [0.2, 0.25) is 0 Å². The molecule has 1 fully saturated rings. The van der Waals surface area contributed by atoms with Gasteiger partial charge in [-0.2, -0.15) is 17.4 Å². The van der Waals surface area contributed by atoms with Crippen molar-refractivity contribution in [2.24, 2.45) is 0 Å². The summed E-state index contributed by atoms with van der Waals surface area (Å²) in [6, 6.07) is -0.0258. The van der Waals surface area contributed by atoms with Crippen LogP contribution in [0.4, 0.5) is 0 Å². The fourth-order valence-electron chi connectivity index (χ4n) is 1.55. The summed E-state index contributed by atoms with van der Waals surface area (Å²) in [5, 5.41) is 3.16. The van der Waals surface area contributed by atoms with Crippen LogP contribution in [-0.4, -0.2) is 44.4 Å². The fourth-order valence-corrected chi connectivity index (χ4v) is 3.16. The lowest BCUT2D eigenvalue weighted by atomic mass is 10.3. The van der Waals surface area contributed by atoms with Gasteiger partial charge in [-0.05, 0) is 20.8 Å². The molecule has 0 aliphatic carbocycles. The third kappa shape index (κ3) is 2.91. The number of nitrogens with one attached hydrogen (secondary N) is 2. The van der Waals surface area contributed by atoms with Crippen molar-refractivity contribution in [2.45, 2.75) is 32.9 Å². The first-order valence-electron chi connectivity index (χ1n) is 4.93. The van der Waals surface area contributed by atoms with E-state index in [1.807, 2.05) is 20.8 Å². The molecule has 84 valence electrons. The summed E-state index contributed by atoms with van der Waals surface area (Å²) in [5.41, 5.74) is 0.